The van der Waals surface area contributed by atoms with Crippen molar-refractivity contribution in [2.45, 2.75) is 5.75 Å². The molecule has 1 amide bonds. The largest absolute Gasteiger partial charge is 0.478 e. The molecule has 0 aromatic carbocycles. The van der Waals surface area contributed by atoms with Crippen LogP contribution < -0.4 is 5.32 Å². The molecule has 0 saturated carbocycles. The first-order valence-corrected chi connectivity index (χ1v) is 7.08. The molecule has 2 heterocycles. The predicted molar refractivity (Wildman–Crippen MR) is 75.1 cm³/mol. The summed E-state index contributed by atoms with van der Waals surface area (Å²) in [7, 11) is 0. The predicted octanol–water partition coefficient (Wildman–Crippen LogP) is 2.49. The molecule has 2 aromatic heterocycles. The number of hydrogen-bond acceptors (Lipinski definition) is 5. The van der Waals surface area contributed by atoms with Gasteiger partial charge in [0.1, 0.15) is 11.6 Å². The van der Waals surface area contributed by atoms with Crippen LogP contribution in [0.15, 0.2) is 34.9 Å². The molecule has 2 N–H and O–H groups in total. The fraction of sp³-hybridized carbons (Fsp3) is 0.154. The lowest BCUT2D eigenvalue weighted by Gasteiger charge is -2.02. The third kappa shape index (κ3) is 3.39. The Balaban J connectivity index is 2.04. The second kappa shape index (κ2) is 6.25. The maximum atomic E-state index is 11.9. The van der Waals surface area contributed by atoms with Crippen LogP contribution in [0.3, 0.4) is 0 Å². The highest BCUT2D eigenvalue weighted by atomic mass is 32.2. The Morgan fingerprint density at radius 2 is 2.15 bits per heavy atom. The summed E-state index contributed by atoms with van der Waals surface area (Å²) in [4.78, 5) is 26.4. The van der Waals surface area contributed by atoms with E-state index in [0.29, 0.717) is 5.75 Å². The molecule has 0 aliphatic heterocycles. The molecular formula is C13H12N2O4S. The van der Waals surface area contributed by atoms with Gasteiger partial charge in [0.15, 0.2) is 5.76 Å². The van der Waals surface area contributed by atoms with Crippen molar-refractivity contribution in [3.63, 3.8) is 0 Å². The smallest absolute Gasteiger partial charge is 0.337 e. The molecule has 0 aliphatic rings. The third-order valence-corrected chi connectivity index (χ3v) is 3.00. The zero-order valence-corrected chi connectivity index (χ0v) is 11.4. The molecule has 0 radical (unpaired) electrons. The van der Waals surface area contributed by atoms with E-state index in [2.05, 4.69) is 10.3 Å². The van der Waals surface area contributed by atoms with Crippen molar-refractivity contribution in [1.82, 2.24) is 4.98 Å². The molecule has 0 saturated heterocycles. The number of rotatable bonds is 5. The third-order valence-electron chi connectivity index (χ3n) is 2.42. The van der Waals surface area contributed by atoms with E-state index in [0.717, 1.165) is 5.76 Å². The number of nitrogens with zero attached hydrogens (tertiary/aromatic N) is 1. The van der Waals surface area contributed by atoms with Crippen LogP contribution in [0.1, 0.15) is 26.7 Å². The van der Waals surface area contributed by atoms with E-state index < -0.39 is 11.9 Å². The lowest BCUT2D eigenvalue weighted by atomic mass is 10.3. The number of carboxylic acids is 1. The zero-order valence-electron chi connectivity index (χ0n) is 10.6. The molecule has 0 aliphatic carbocycles. The second-order valence-electron chi connectivity index (χ2n) is 3.89. The molecule has 2 rings (SSSR count). The summed E-state index contributed by atoms with van der Waals surface area (Å²) in [5.41, 5.74) is 0.0586. The molecule has 7 heteroatoms. The first-order valence-electron chi connectivity index (χ1n) is 5.68. The highest BCUT2D eigenvalue weighted by Gasteiger charge is 2.12. The number of aromatic carboxylic acids is 1. The average Bonchev–Trinajstić information content (AvgIpc) is 2.88. The molecule has 6 nitrogen and oxygen atoms in total. The van der Waals surface area contributed by atoms with E-state index in [9.17, 15) is 9.59 Å². The van der Waals surface area contributed by atoms with E-state index in [1.165, 1.54) is 18.3 Å². The zero-order chi connectivity index (χ0) is 14.5. The van der Waals surface area contributed by atoms with Gasteiger partial charge in [0.25, 0.3) is 5.91 Å². The van der Waals surface area contributed by atoms with Gasteiger partial charge in [0.05, 0.1) is 11.3 Å². The minimum atomic E-state index is -1.07. The molecule has 104 valence electrons. The summed E-state index contributed by atoms with van der Waals surface area (Å²) in [5.74, 6) is 0.382. The van der Waals surface area contributed by atoms with Gasteiger partial charge < -0.3 is 14.8 Å². The topological polar surface area (TPSA) is 92.4 Å². The Bertz CT molecular complexity index is 622. The number of carboxylic acid groups (broad SMARTS) is 1. The number of furan rings is 1. The van der Waals surface area contributed by atoms with Gasteiger partial charge in [-0.1, -0.05) is 0 Å². The fourth-order valence-corrected chi connectivity index (χ4v) is 1.93. The molecule has 20 heavy (non-hydrogen) atoms. The number of nitrogens with one attached hydrogen (secondary N) is 1. The number of carbonyl (C=O) groups is 2. The minimum Gasteiger partial charge on any atom is -0.478 e. The number of amides is 1. The van der Waals surface area contributed by atoms with Crippen molar-refractivity contribution < 1.29 is 19.1 Å². The average molecular weight is 292 g/mol. The van der Waals surface area contributed by atoms with Gasteiger partial charge in [-0.05, 0) is 30.5 Å². The van der Waals surface area contributed by atoms with Crippen LogP contribution in [0.5, 0.6) is 0 Å². The fourth-order valence-electron chi connectivity index (χ4n) is 1.49. The number of hydrogen-bond donors (Lipinski definition) is 2. The standard InChI is InChI=1S/C13H12N2O4S/c1-20-7-9-3-4-10(19-9)12(16)15-11-5-2-8(6-14-11)13(17)18/h2-6H,7H2,1H3,(H,17,18)(H,14,15,16). The second-order valence-corrected chi connectivity index (χ2v) is 4.76. The van der Waals surface area contributed by atoms with Crippen molar-refractivity contribution in [3.05, 3.63) is 47.5 Å². The van der Waals surface area contributed by atoms with Crippen molar-refractivity contribution >= 4 is 29.5 Å². The summed E-state index contributed by atoms with van der Waals surface area (Å²) in [6, 6.07) is 6.12. The quantitative estimate of drug-likeness (QED) is 0.879. The number of carbonyl (C=O) groups excluding carboxylic acids is 1. The van der Waals surface area contributed by atoms with Crippen molar-refractivity contribution in [3.8, 4) is 0 Å². The summed E-state index contributed by atoms with van der Waals surface area (Å²) in [6.07, 6.45) is 3.12. The van der Waals surface area contributed by atoms with E-state index in [1.807, 2.05) is 6.26 Å². The van der Waals surface area contributed by atoms with Gasteiger partial charge in [-0.15, -0.1) is 0 Å². The highest BCUT2D eigenvalue weighted by molar-refractivity contribution is 7.97. The summed E-state index contributed by atoms with van der Waals surface area (Å²) < 4.78 is 5.37. The van der Waals surface area contributed by atoms with Crippen LogP contribution in [0, 0.1) is 0 Å². The molecule has 2 aromatic rings. The summed E-state index contributed by atoms with van der Waals surface area (Å²) in [6.45, 7) is 0. The lowest BCUT2D eigenvalue weighted by Crippen LogP contribution is -2.12. The molecule has 0 fully saturated rings. The maximum absolute atomic E-state index is 11.9. The monoisotopic (exact) mass is 292 g/mol. The molecule has 0 atom stereocenters. The Labute approximate surface area is 119 Å². The van der Waals surface area contributed by atoms with Crippen LogP contribution in [-0.2, 0) is 5.75 Å². The van der Waals surface area contributed by atoms with Crippen molar-refractivity contribution in [2.24, 2.45) is 0 Å². The Morgan fingerprint density at radius 1 is 1.35 bits per heavy atom. The van der Waals surface area contributed by atoms with Gasteiger partial charge in [0.2, 0.25) is 0 Å². The molecule has 0 bridgehead atoms. The normalized spacial score (nSPS) is 10.2. The van der Waals surface area contributed by atoms with Crippen LogP contribution in [0.2, 0.25) is 0 Å². The first kappa shape index (κ1) is 14.1. The number of aromatic nitrogens is 1. The number of anilines is 1. The molecular weight excluding hydrogens is 280 g/mol. The van der Waals surface area contributed by atoms with E-state index in [-0.39, 0.29) is 17.1 Å². The van der Waals surface area contributed by atoms with Gasteiger partial charge >= 0.3 is 5.97 Å². The molecule has 0 unspecified atom stereocenters. The van der Waals surface area contributed by atoms with E-state index in [4.69, 9.17) is 9.52 Å². The van der Waals surface area contributed by atoms with Gasteiger partial charge in [-0.2, -0.15) is 11.8 Å². The van der Waals surface area contributed by atoms with E-state index in [1.54, 1.807) is 23.9 Å². The first-order chi connectivity index (χ1) is 9.60. The number of pyridine rings is 1. The summed E-state index contributed by atoms with van der Waals surface area (Å²) in [5, 5.41) is 11.3. The Morgan fingerprint density at radius 3 is 2.75 bits per heavy atom. The highest BCUT2D eigenvalue weighted by Crippen LogP contribution is 2.15. The maximum Gasteiger partial charge on any atom is 0.337 e. The van der Waals surface area contributed by atoms with Crippen LogP contribution in [-0.4, -0.2) is 28.2 Å². The van der Waals surface area contributed by atoms with Crippen molar-refractivity contribution in [2.75, 3.05) is 11.6 Å². The Hall–Kier alpha value is -2.28. The number of thioether (sulfide) groups is 1. The molecule has 0 spiro atoms. The lowest BCUT2D eigenvalue weighted by molar-refractivity contribution is 0.0696. The van der Waals surface area contributed by atoms with Gasteiger partial charge in [0, 0.05) is 6.20 Å². The summed E-state index contributed by atoms with van der Waals surface area (Å²) >= 11 is 1.59. The van der Waals surface area contributed by atoms with Crippen LogP contribution in [0.4, 0.5) is 5.82 Å². The van der Waals surface area contributed by atoms with Crippen LogP contribution in [0.25, 0.3) is 0 Å². The van der Waals surface area contributed by atoms with E-state index >= 15 is 0 Å². The minimum absolute atomic E-state index is 0.0586. The SMILES string of the molecule is CSCc1ccc(C(=O)Nc2ccc(C(=O)O)cn2)o1. The van der Waals surface area contributed by atoms with Gasteiger partial charge in [-0.25, -0.2) is 9.78 Å². The Kier molecular flexibility index (Phi) is 4.41. The van der Waals surface area contributed by atoms with Crippen molar-refractivity contribution in [1.29, 1.82) is 0 Å². The van der Waals surface area contributed by atoms with Crippen LogP contribution >= 0.6 is 11.8 Å². The van der Waals surface area contributed by atoms with Gasteiger partial charge in [-0.3, -0.25) is 4.79 Å².